The van der Waals surface area contributed by atoms with Crippen LogP contribution in [0.25, 0.3) is 0 Å². The highest BCUT2D eigenvalue weighted by Crippen LogP contribution is 2.60. The van der Waals surface area contributed by atoms with Gasteiger partial charge < -0.3 is 15.1 Å². The van der Waals surface area contributed by atoms with Crippen LogP contribution in [0.1, 0.15) is 66.2 Å². The number of piperidine rings is 2. The monoisotopic (exact) mass is 403 g/mol. The van der Waals surface area contributed by atoms with Gasteiger partial charge >= 0.3 is 0 Å². The van der Waals surface area contributed by atoms with Crippen LogP contribution >= 0.6 is 0 Å². The predicted octanol–water partition coefficient (Wildman–Crippen LogP) is 3.46. The minimum absolute atomic E-state index is 0.0647. The fraction of sp³-hybridized carbons (Fsp3) is 0.833. The number of hydrogen-bond acceptors (Lipinski definition) is 3. The molecule has 0 spiro atoms. The number of likely N-dealkylation sites (tertiary alicyclic amines) is 2. The lowest BCUT2D eigenvalue weighted by Gasteiger charge is -2.32. The minimum Gasteiger partial charge on any atom is -0.356 e. The van der Waals surface area contributed by atoms with E-state index in [-0.39, 0.29) is 29.1 Å². The number of amides is 2. The molecule has 29 heavy (non-hydrogen) atoms. The van der Waals surface area contributed by atoms with Crippen molar-refractivity contribution < 1.29 is 9.59 Å². The molecule has 3 aliphatic rings. The number of allylic oxidation sites excluding steroid dienone is 2. The molecule has 2 aliphatic heterocycles. The molecule has 3 fully saturated rings. The highest BCUT2D eigenvalue weighted by atomic mass is 16.2. The Hall–Kier alpha value is -1.36. The number of nitrogens with one attached hydrogen (secondary N) is 1. The lowest BCUT2D eigenvalue weighted by molar-refractivity contribution is -0.137. The Kier molecular flexibility index (Phi) is 7.42. The normalized spacial score (nSPS) is 27.4. The second-order valence-electron chi connectivity index (χ2n) is 10.2. The van der Waals surface area contributed by atoms with Gasteiger partial charge in [-0.05, 0) is 76.9 Å². The summed E-state index contributed by atoms with van der Waals surface area (Å²) < 4.78 is 0. The van der Waals surface area contributed by atoms with Gasteiger partial charge in [-0.25, -0.2) is 0 Å². The fourth-order valence-electron chi connectivity index (χ4n) is 5.22. The van der Waals surface area contributed by atoms with Gasteiger partial charge in [0.15, 0.2) is 0 Å². The molecule has 0 radical (unpaired) electrons. The number of carbonyl (C=O) groups excluding carboxylic acids is 2. The van der Waals surface area contributed by atoms with Gasteiger partial charge in [0.05, 0.1) is 5.92 Å². The largest absolute Gasteiger partial charge is 0.356 e. The van der Waals surface area contributed by atoms with Crippen molar-refractivity contribution in [3.63, 3.8) is 0 Å². The van der Waals surface area contributed by atoms with Gasteiger partial charge in [-0.3, -0.25) is 9.59 Å². The van der Waals surface area contributed by atoms with E-state index in [4.69, 9.17) is 0 Å². The van der Waals surface area contributed by atoms with Crippen LogP contribution in [0, 0.1) is 23.2 Å². The van der Waals surface area contributed by atoms with Crippen molar-refractivity contribution >= 4 is 11.8 Å². The second-order valence-corrected chi connectivity index (χ2v) is 10.2. The Morgan fingerprint density at radius 1 is 1.03 bits per heavy atom. The molecule has 2 heterocycles. The van der Waals surface area contributed by atoms with E-state index in [2.05, 4.69) is 44.0 Å². The third-order valence-electron chi connectivity index (χ3n) is 7.27. The van der Waals surface area contributed by atoms with Gasteiger partial charge in [-0.2, -0.15) is 0 Å². The van der Waals surface area contributed by atoms with E-state index in [0.717, 1.165) is 45.4 Å². The van der Waals surface area contributed by atoms with Crippen molar-refractivity contribution in [1.82, 2.24) is 15.1 Å². The smallest absolute Gasteiger partial charge is 0.226 e. The zero-order valence-corrected chi connectivity index (χ0v) is 19.0. The van der Waals surface area contributed by atoms with Crippen molar-refractivity contribution in [3.8, 4) is 0 Å². The van der Waals surface area contributed by atoms with Crippen LogP contribution < -0.4 is 5.32 Å². The summed E-state index contributed by atoms with van der Waals surface area (Å²) in [5, 5.41) is 3.14. The quantitative estimate of drug-likeness (QED) is 0.523. The molecule has 5 heteroatoms. The SMILES string of the molecule is CC(C)=C[C@H]1[C@H](C(=O)N2CCC(C(=O)NCCCN3CCCCC3)CC2)C1(C)C. The maximum absolute atomic E-state index is 13.0. The first-order valence-electron chi connectivity index (χ1n) is 11.7. The standard InChI is InChI=1S/C24H41N3O2/c1-18(2)17-20-21(24(20,3)4)23(29)27-15-9-19(10-16-27)22(28)25-11-8-14-26-12-6-5-7-13-26/h17,19-21H,5-16H2,1-4H3,(H,25,28)/t20-,21+/m0/s1. The first-order chi connectivity index (χ1) is 13.8. The third-order valence-corrected chi connectivity index (χ3v) is 7.27. The summed E-state index contributed by atoms with van der Waals surface area (Å²) in [7, 11) is 0. The average molecular weight is 404 g/mol. The van der Waals surface area contributed by atoms with Crippen LogP contribution in [-0.2, 0) is 9.59 Å². The van der Waals surface area contributed by atoms with Crippen molar-refractivity contribution in [2.75, 3.05) is 39.3 Å². The summed E-state index contributed by atoms with van der Waals surface area (Å²) in [5.74, 6) is 1.01. The van der Waals surface area contributed by atoms with Crippen LogP contribution in [0.3, 0.4) is 0 Å². The topological polar surface area (TPSA) is 52.7 Å². The van der Waals surface area contributed by atoms with Crippen LogP contribution in [0.5, 0.6) is 0 Å². The Morgan fingerprint density at radius 3 is 2.31 bits per heavy atom. The van der Waals surface area contributed by atoms with Crippen LogP contribution in [0.15, 0.2) is 11.6 Å². The third kappa shape index (κ3) is 5.62. The summed E-state index contributed by atoms with van der Waals surface area (Å²) >= 11 is 0. The van der Waals surface area contributed by atoms with Crippen LogP contribution in [0.2, 0.25) is 0 Å². The Labute approximate surface area is 177 Å². The summed E-state index contributed by atoms with van der Waals surface area (Å²) in [6.07, 6.45) is 8.88. The number of hydrogen-bond donors (Lipinski definition) is 1. The molecular formula is C24H41N3O2. The number of nitrogens with zero attached hydrogens (tertiary/aromatic N) is 2. The van der Waals surface area contributed by atoms with Crippen molar-refractivity contribution in [3.05, 3.63) is 11.6 Å². The first kappa shape index (κ1) is 22.3. The van der Waals surface area contributed by atoms with E-state index in [0.29, 0.717) is 5.92 Å². The Bertz CT molecular complexity index is 610. The maximum atomic E-state index is 13.0. The van der Waals surface area contributed by atoms with Crippen LogP contribution in [0.4, 0.5) is 0 Å². The molecule has 2 saturated heterocycles. The summed E-state index contributed by atoms with van der Waals surface area (Å²) in [5.41, 5.74) is 1.35. The van der Waals surface area contributed by atoms with Crippen LogP contribution in [-0.4, -0.2) is 60.9 Å². The summed E-state index contributed by atoms with van der Waals surface area (Å²) in [4.78, 5) is 30.0. The molecule has 5 nitrogen and oxygen atoms in total. The van der Waals surface area contributed by atoms with E-state index < -0.39 is 0 Å². The van der Waals surface area contributed by atoms with Gasteiger partial charge in [-0.15, -0.1) is 0 Å². The highest BCUT2D eigenvalue weighted by Gasteiger charge is 2.61. The molecular weight excluding hydrogens is 362 g/mol. The lowest BCUT2D eigenvalue weighted by Crippen LogP contribution is -2.44. The molecule has 1 saturated carbocycles. The van der Waals surface area contributed by atoms with Crippen molar-refractivity contribution in [1.29, 1.82) is 0 Å². The zero-order chi connectivity index (χ0) is 21.0. The maximum Gasteiger partial charge on any atom is 0.226 e. The van der Waals surface area contributed by atoms with Gasteiger partial charge in [0.25, 0.3) is 0 Å². The molecule has 164 valence electrons. The Balaban J connectivity index is 1.36. The molecule has 0 aromatic rings. The molecule has 2 atom stereocenters. The molecule has 1 N–H and O–H groups in total. The van der Waals surface area contributed by atoms with E-state index in [1.165, 1.54) is 37.9 Å². The molecule has 0 bridgehead atoms. The lowest BCUT2D eigenvalue weighted by atomic mass is 9.95. The van der Waals surface area contributed by atoms with E-state index in [1.807, 2.05) is 4.90 Å². The Morgan fingerprint density at radius 2 is 1.69 bits per heavy atom. The van der Waals surface area contributed by atoms with Crippen molar-refractivity contribution in [2.45, 2.75) is 66.2 Å². The molecule has 0 aromatic heterocycles. The summed E-state index contributed by atoms with van der Waals surface area (Å²) in [6, 6.07) is 0. The molecule has 3 rings (SSSR count). The van der Waals surface area contributed by atoms with E-state index in [9.17, 15) is 9.59 Å². The van der Waals surface area contributed by atoms with E-state index in [1.54, 1.807) is 0 Å². The van der Waals surface area contributed by atoms with E-state index >= 15 is 0 Å². The number of rotatable bonds is 7. The highest BCUT2D eigenvalue weighted by molar-refractivity contribution is 5.84. The average Bonchev–Trinajstić information content (AvgIpc) is 3.24. The molecule has 1 aliphatic carbocycles. The number of carbonyl (C=O) groups is 2. The summed E-state index contributed by atoms with van der Waals surface area (Å²) in [6.45, 7) is 14.3. The zero-order valence-electron chi connectivity index (χ0n) is 19.0. The minimum atomic E-state index is 0.0647. The molecule has 0 unspecified atom stereocenters. The van der Waals surface area contributed by atoms with Gasteiger partial charge in [0.2, 0.25) is 11.8 Å². The molecule has 2 amide bonds. The van der Waals surface area contributed by atoms with Gasteiger partial charge in [0.1, 0.15) is 0 Å². The first-order valence-corrected chi connectivity index (χ1v) is 11.7. The van der Waals surface area contributed by atoms with Crippen molar-refractivity contribution in [2.24, 2.45) is 23.2 Å². The molecule has 0 aromatic carbocycles. The van der Waals surface area contributed by atoms with Gasteiger partial charge in [-0.1, -0.05) is 31.9 Å². The second kappa shape index (κ2) is 9.63. The van der Waals surface area contributed by atoms with Gasteiger partial charge in [0, 0.05) is 25.6 Å². The predicted molar refractivity (Wildman–Crippen MR) is 117 cm³/mol. The fourth-order valence-corrected chi connectivity index (χ4v) is 5.22.